The Morgan fingerprint density at radius 3 is 2.71 bits per heavy atom. The lowest BCUT2D eigenvalue weighted by atomic mass is 10.2. The summed E-state index contributed by atoms with van der Waals surface area (Å²) in [5.41, 5.74) is 1.20. The second-order valence-electron chi connectivity index (χ2n) is 2.81. The van der Waals surface area contributed by atoms with Crippen molar-refractivity contribution < 1.29 is 0 Å². The molecule has 0 bridgehead atoms. The van der Waals surface area contributed by atoms with E-state index in [4.69, 9.17) is 0 Å². The highest BCUT2D eigenvalue weighted by molar-refractivity contribution is 9.10. The van der Waals surface area contributed by atoms with Crippen molar-refractivity contribution in [3.05, 3.63) is 40.6 Å². The Hall–Kier alpha value is -1.36. The van der Waals surface area contributed by atoms with E-state index in [0.717, 1.165) is 11.0 Å². The normalized spacial score (nSPS) is 10.1. The van der Waals surface area contributed by atoms with Gasteiger partial charge in [-0.3, -0.25) is 0 Å². The van der Waals surface area contributed by atoms with Gasteiger partial charge in [0.15, 0.2) is 0 Å². The molecule has 2 rings (SSSR count). The molecule has 5 heteroatoms. The summed E-state index contributed by atoms with van der Waals surface area (Å²) in [5.74, 6) is 0.688. The van der Waals surface area contributed by atoms with E-state index in [-0.39, 0.29) is 0 Å². The molecule has 4 nitrogen and oxygen atoms in total. The average Bonchev–Trinajstić information content (AvgIpc) is 2.70. The van der Waals surface area contributed by atoms with Crippen LogP contribution in [0, 0.1) is 0 Å². The number of aromatic nitrogens is 3. The van der Waals surface area contributed by atoms with Gasteiger partial charge in [0.1, 0.15) is 6.33 Å². The van der Waals surface area contributed by atoms with Gasteiger partial charge in [0.2, 0.25) is 5.95 Å². The lowest BCUT2D eigenvalue weighted by molar-refractivity contribution is 1.04. The van der Waals surface area contributed by atoms with Gasteiger partial charge in [0, 0.05) is 11.0 Å². The predicted octanol–water partition coefficient (Wildman–Crippen LogP) is 2.18. The van der Waals surface area contributed by atoms with E-state index in [1.807, 2.05) is 24.3 Å². The van der Waals surface area contributed by atoms with Gasteiger partial charge in [-0.1, -0.05) is 28.1 Å². The maximum Gasteiger partial charge on any atom is 0.218 e. The molecule has 2 N–H and O–H groups in total. The van der Waals surface area contributed by atoms with Crippen molar-refractivity contribution in [2.45, 2.75) is 6.54 Å². The van der Waals surface area contributed by atoms with Gasteiger partial charge in [-0.15, -0.1) is 0 Å². The second kappa shape index (κ2) is 4.23. The van der Waals surface area contributed by atoms with Crippen molar-refractivity contribution in [1.82, 2.24) is 15.2 Å². The van der Waals surface area contributed by atoms with Crippen molar-refractivity contribution in [3.63, 3.8) is 0 Å². The number of benzene rings is 1. The Labute approximate surface area is 89.9 Å². The number of rotatable bonds is 3. The number of halogens is 1. The number of anilines is 1. The number of nitrogens with one attached hydrogen (secondary N) is 2. The highest BCUT2D eigenvalue weighted by Gasteiger charge is 1.95. The van der Waals surface area contributed by atoms with Crippen LogP contribution < -0.4 is 5.32 Å². The van der Waals surface area contributed by atoms with Gasteiger partial charge in [-0.05, 0) is 17.7 Å². The largest absolute Gasteiger partial charge is 0.351 e. The number of hydrogen-bond donors (Lipinski definition) is 2. The summed E-state index contributed by atoms with van der Waals surface area (Å²) >= 11 is 3.39. The summed E-state index contributed by atoms with van der Waals surface area (Å²) in [7, 11) is 0. The van der Waals surface area contributed by atoms with Crippen LogP contribution in [0.15, 0.2) is 35.1 Å². The van der Waals surface area contributed by atoms with Gasteiger partial charge in [-0.25, -0.2) is 10.1 Å². The van der Waals surface area contributed by atoms with E-state index in [0.29, 0.717) is 5.95 Å². The first-order valence-corrected chi connectivity index (χ1v) is 4.97. The third-order valence-electron chi connectivity index (χ3n) is 1.79. The lowest BCUT2D eigenvalue weighted by Crippen LogP contribution is -2.00. The summed E-state index contributed by atoms with van der Waals surface area (Å²) in [6.07, 6.45) is 1.48. The van der Waals surface area contributed by atoms with Crippen LogP contribution in [0.1, 0.15) is 5.56 Å². The zero-order chi connectivity index (χ0) is 9.80. The second-order valence-corrected chi connectivity index (χ2v) is 3.73. The summed E-state index contributed by atoms with van der Waals surface area (Å²) in [6.45, 7) is 0.739. The first-order valence-electron chi connectivity index (χ1n) is 4.18. The van der Waals surface area contributed by atoms with Gasteiger partial charge >= 0.3 is 0 Å². The fourth-order valence-electron chi connectivity index (χ4n) is 1.08. The van der Waals surface area contributed by atoms with Gasteiger partial charge in [0.25, 0.3) is 0 Å². The molecule has 0 amide bonds. The van der Waals surface area contributed by atoms with E-state index in [2.05, 4.69) is 36.4 Å². The average molecular weight is 253 g/mol. The summed E-state index contributed by atoms with van der Waals surface area (Å²) < 4.78 is 1.08. The summed E-state index contributed by atoms with van der Waals surface area (Å²) in [5, 5.41) is 9.60. The zero-order valence-electron chi connectivity index (χ0n) is 7.37. The van der Waals surface area contributed by atoms with Crippen LogP contribution >= 0.6 is 15.9 Å². The Bertz CT molecular complexity index is 382. The molecule has 1 aromatic carbocycles. The molecule has 14 heavy (non-hydrogen) atoms. The fraction of sp³-hybridized carbons (Fsp3) is 0.111. The molecule has 72 valence electrons. The van der Waals surface area contributed by atoms with Crippen molar-refractivity contribution in [1.29, 1.82) is 0 Å². The lowest BCUT2D eigenvalue weighted by Gasteiger charge is -2.02. The van der Waals surface area contributed by atoms with Crippen LogP contribution in [0.5, 0.6) is 0 Å². The minimum absolute atomic E-state index is 0.688. The topological polar surface area (TPSA) is 53.6 Å². The molecule has 0 radical (unpaired) electrons. The molecular formula is C9H9BrN4. The highest BCUT2D eigenvalue weighted by atomic mass is 79.9. The van der Waals surface area contributed by atoms with E-state index >= 15 is 0 Å². The molecule has 0 saturated heterocycles. The summed E-state index contributed by atoms with van der Waals surface area (Å²) in [4.78, 5) is 3.96. The Morgan fingerprint density at radius 1 is 1.29 bits per heavy atom. The monoisotopic (exact) mass is 252 g/mol. The van der Waals surface area contributed by atoms with Crippen LogP contribution in [0.2, 0.25) is 0 Å². The quantitative estimate of drug-likeness (QED) is 0.881. The van der Waals surface area contributed by atoms with E-state index in [1.54, 1.807) is 0 Å². The molecule has 1 heterocycles. The SMILES string of the molecule is Brc1ccc(CNc2ncn[nH]2)cc1. The van der Waals surface area contributed by atoms with E-state index in [9.17, 15) is 0 Å². The van der Waals surface area contributed by atoms with Crippen LogP contribution in [0.3, 0.4) is 0 Å². The molecule has 2 aromatic rings. The van der Waals surface area contributed by atoms with Gasteiger partial charge < -0.3 is 5.32 Å². The fourth-order valence-corrected chi connectivity index (χ4v) is 1.34. The highest BCUT2D eigenvalue weighted by Crippen LogP contribution is 2.11. The number of H-pyrrole nitrogens is 1. The van der Waals surface area contributed by atoms with Crippen LogP contribution in [0.4, 0.5) is 5.95 Å². The maximum atomic E-state index is 3.96. The molecule has 0 aliphatic heterocycles. The number of hydrogen-bond acceptors (Lipinski definition) is 3. The molecule has 0 aliphatic rings. The number of nitrogens with zero attached hydrogens (tertiary/aromatic N) is 2. The maximum absolute atomic E-state index is 3.96. The van der Waals surface area contributed by atoms with Crippen LogP contribution in [0.25, 0.3) is 0 Å². The smallest absolute Gasteiger partial charge is 0.218 e. The molecule has 1 aromatic heterocycles. The zero-order valence-corrected chi connectivity index (χ0v) is 8.95. The summed E-state index contributed by atoms with van der Waals surface area (Å²) in [6, 6.07) is 8.12. The molecule has 0 spiro atoms. The molecule has 0 fully saturated rings. The van der Waals surface area contributed by atoms with E-state index < -0.39 is 0 Å². The van der Waals surface area contributed by atoms with E-state index in [1.165, 1.54) is 11.9 Å². The van der Waals surface area contributed by atoms with Crippen molar-refractivity contribution in [2.75, 3.05) is 5.32 Å². The van der Waals surface area contributed by atoms with Crippen molar-refractivity contribution in [3.8, 4) is 0 Å². The molecule has 0 unspecified atom stereocenters. The van der Waals surface area contributed by atoms with Crippen molar-refractivity contribution >= 4 is 21.9 Å². The van der Waals surface area contributed by atoms with Gasteiger partial charge in [0.05, 0.1) is 0 Å². The number of aromatic amines is 1. The molecular weight excluding hydrogens is 244 g/mol. The third kappa shape index (κ3) is 2.32. The Balaban J connectivity index is 1.95. The third-order valence-corrected chi connectivity index (χ3v) is 2.32. The van der Waals surface area contributed by atoms with Crippen LogP contribution in [-0.4, -0.2) is 15.2 Å². The predicted molar refractivity (Wildman–Crippen MR) is 57.9 cm³/mol. The minimum atomic E-state index is 0.688. The Morgan fingerprint density at radius 2 is 2.07 bits per heavy atom. The van der Waals surface area contributed by atoms with Crippen molar-refractivity contribution in [2.24, 2.45) is 0 Å². The Kier molecular flexibility index (Phi) is 2.78. The molecule has 0 saturated carbocycles. The standard InChI is InChI=1S/C9H9BrN4/c10-8-3-1-7(2-4-8)5-11-9-12-6-13-14-9/h1-4,6H,5H2,(H2,11,12,13,14). The first-order chi connectivity index (χ1) is 6.84. The first kappa shape index (κ1) is 9.21. The molecule has 0 aliphatic carbocycles. The van der Waals surface area contributed by atoms with Crippen LogP contribution in [-0.2, 0) is 6.54 Å². The minimum Gasteiger partial charge on any atom is -0.351 e. The molecule has 0 atom stereocenters. The van der Waals surface area contributed by atoms with Gasteiger partial charge in [-0.2, -0.15) is 5.10 Å².